The highest BCUT2D eigenvalue weighted by Crippen LogP contribution is 2.20. The maximum absolute atomic E-state index is 11.8. The Morgan fingerprint density at radius 3 is 2.61 bits per heavy atom. The van der Waals surface area contributed by atoms with Crippen LogP contribution in [0.15, 0.2) is 18.3 Å². The molecule has 0 fully saturated rings. The molecule has 8 heteroatoms. The summed E-state index contributed by atoms with van der Waals surface area (Å²) in [6.45, 7) is -0.0447. The number of hydrogen-bond donors (Lipinski definition) is 3. The van der Waals surface area contributed by atoms with Crippen LogP contribution in [-0.2, 0) is 0 Å². The van der Waals surface area contributed by atoms with Crippen LogP contribution in [0.5, 0.6) is 0 Å². The molecule has 1 aromatic heterocycles. The monoisotopic (exact) mass is 262 g/mol. The number of pyridine rings is 1. The lowest BCUT2D eigenvalue weighted by atomic mass is 10.3. The second kappa shape index (κ2) is 6.20. The molecule has 1 rings (SSSR count). The van der Waals surface area contributed by atoms with Gasteiger partial charge in [0.1, 0.15) is 5.69 Å². The number of aromatic nitrogens is 1. The fourth-order valence-electron chi connectivity index (χ4n) is 1.19. The molecule has 1 aromatic rings. The number of halogens is 3. The Kier molecular flexibility index (Phi) is 4.90. The highest BCUT2D eigenvalue weighted by Gasteiger charge is 2.26. The molecule has 0 atom stereocenters. The number of rotatable bonds is 5. The number of anilines is 1. The van der Waals surface area contributed by atoms with Crippen molar-refractivity contribution < 1.29 is 18.0 Å². The van der Waals surface area contributed by atoms with Gasteiger partial charge in [-0.05, 0) is 18.6 Å². The zero-order valence-electron chi connectivity index (χ0n) is 9.42. The van der Waals surface area contributed by atoms with Gasteiger partial charge in [0.05, 0.1) is 11.9 Å². The number of hydrazine groups is 1. The molecule has 1 amide bonds. The van der Waals surface area contributed by atoms with Gasteiger partial charge in [-0.1, -0.05) is 0 Å². The molecule has 0 spiro atoms. The summed E-state index contributed by atoms with van der Waals surface area (Å²) in [6, 6.07) is 2.96. The molecule has 0 saturated heterocycles. The number of carbonyl (C=O) groups excluding carboxylic acids is 1. The zero-order valence-corrected chi connectivity index (χ0v) is 9.42. The van der Waals surface area contributed by atoms with Crippen LogP contribution in [0.25, 0.3) is 0 Å². The van der Waals surface area contributed by atoms with Gasteiger partial charge in [-0.2, -0.15) is 13.2 Å². The van der Waals surface area contributed by atoms with E-state index in [9.17, 15) is 18.0 Å². The van der Waals surface area contributed by atoms with Crippen molar-refractivity contribution in [1.82, 2.24) is 10.3 Å². The molecule has 0 aliphatic heterocycles. The van der Waals surface area contributed by atoms with Gasteiger partial charge in [-0.25, -0.2) is 4.98 Å². The number of hydrogen-bond acceptors (Lipinski definition) is 4. The standard InChI is InChI=1S/C10H13F3N4O/c11-10(12,13)4-1-5-15-9(18)8-3-2-7(17-14)6-16-8/h2-3,6,17H,1,4-5,14H2,(H,15,18). The van der Waals surface area contributed by atoms with E-state index in [2.05, 4.69) is 15.7 Å². The summed E-state index contributed by atoms with van der Waals surface area (Å²) in [5.41, 5.74) is 3.00. The minimum absolute atomic E-state index is 0.0447. The topological polar surface area (TPSA) is 80.0 Å². The molecule has 0 aliphatic rings. The summed E-state index contributed by atoms with van der Waals surface area (Å²) in [5.74, 6) is 4.60. The first-order valence-corrected chi connectivity index (χ1v) is 5.20. The molecule has 4 N–H and O–H groups in total. The van der Waals surface area contributed by atoms with Gasteiger partial charge in [0.25, 0.3) is 5.91 Å². The summed E-state index contributed by atoms with van der Waals surface area (Å²) in [5, 5.41) is 2.36. The van der Waals surface area contributed by atoms with E-state index in [0.717, 1.165) is 0 Å². The Bertz CT molecular complexity index is 391. The molecule has 0 bridgehead atoms. The van der Waals surface area contributed by atoms with Crippen LogP contribution >= 0.6 is 0 Å². The lowest BCUT2D eigenvalue weighted by Crippen LogP contribution is -2.26. The Morgan fingerprint density at radius 2 is 2.11 bits per heavy atom. The van der Waals surface area contributed by atoms with Crippen LogP contribution in [-0.4, -0.2) is 23.6 Å². The molecule has 0 aromatic carbocycles. The lowest BCUT2D eigenvalue weighted by Gasteiger charge is -2.07. The average Bonchev–Trinajstić information content (AvgIpc) is 2.33. The normalized spacial score (nSPS) is 11.1. The average molecular weight is 262 g/mol. The third-order valence-corrected chi connectivity index (χ3v) is 2.09. The van der Waals surface area contributed by atoms with E-state index in [-0.39, 0.29) is 18.7 Å². The predicted octanol–water partition coefficient (Wildman–Crippen LogP) is 1.44. The van der Waals surface area contributed by atoms with Gasteiger partial charge in [0.2, 0.25) is 0 Å². The van der Waals surface area contributed by atoms with Crippen molar-refractivity contribution >= 4 is 11.6 Å². The zero-order chi connectivity index (χ0) is 13.6. The van der Waals surface area contributed by atoms with Gasteiger partial charge in [0.15, 0.2) is 0 Å². The molecule has 5 nitrogen and oxygen atoms in total. The Labute approximate surface area is 102 Å². The number of nitrogens with two attached hydrogens (primary N) is 1. The lowest BCUT2D eigenvalue weighted by molar-refractivity contribution is -0.135. The first-order chi connectivity index (χ1) is 8.42. The first-order valence-electron chi connectivity index (χ1n) is 5.20. The minimum Gasteiger partial charge on any atom is -0.351 e. The van der Waals surface area contributed by atoms with Crippen molar-refractivity contribution in [3.63, 3.8) is 0 Å². The molecule has 0 aliphatic carbocycles. The van der Waals surface area contributed by atoms with E-state index in [1.54, 1.807) is 0 Å². The fourth-order valence-corrected chi connectivity index (χ4v) is 1.19. The number of nitrogen functional groups attached to an aromatic ring is 1. The van der Waals surface area contributed by atoms with Crippen LogP contribution in [0.2, 0.25) is 0 Å². The summed E-state index contributed by atoms with van der Waals surface area (Å²) < 4.78 is 35.5. The quantitative estimate of drug-likeness (QED) is 0.426. The van der Waals surface area contributed by atoms with Crippen molar-refractivity contribution in [3.8, 4) is 0 Å². The smallest absolute Gasteiger partial charge is 0.351 e. The Morgan fingerprint density at radius 1 is 1.39 bits per heavy atom. The van der Waals surface area contributed by atoms with Crippen molar-refractivity contribution in [1.29, 1.82) is 0 Å². The highest BCUT2D eigenvalue weighted by atomic mass is 19.4. The van der Waals surface area contributed by atoms with Gasteiger partial charge in [-0.15, -0.1) is 0 Å². The van der Waals surface area contributed by atoms with E-state index in [1.165, 1.54) is 18.3 Å². The summed E-state index contributed by atoms with van der Waals surface area (Å²) in [6.07, 6.45) is -3.92. The van der Waals surface area contributed by atoms with E-state index < -0.39 is 18.5 Å². The van der Waals surface area contributed by atoms with Crippen LogP contribution in [0.3, 0.4) is 0 Å². The van der Waals surface area contributed by atoms with E-state index in [4.69, 9.17) is 5.84 Å². The van der Waals surface area contributed by atoms with E-state index >= 15 is 0 Å². The number of alkyl halides is 3. The number of nitrogens with zero attached hydrogens (tertiary/aromatic N) is 1. The molecule has 1 heterocycles. The van der Waals surface area contributed by atoms with Crippen LogP contribution in [0.1, 0.15) is 23.3 Å². The van der Waals surface area contributed by atoms with Crippen molar-refractivity contribution in [2.24, 2.45) is 5.84 Å². The molecule has 0 radical (unpaired) electrons. The molecule has 18 heavy (non-hydrogen) atoms. The second-order valence-corrected chi connectivity index (χ2v) is 3.55. The third-order valence-electron chi connectivity index (χ3n) is 2.09. The molecule has 0 saturated carbocycles. The van der Waals surface area contributed by atoms with Crippen LogP contribution in [0, 0.1) is 0 Å². The number of nitrogens with one attached hydrogen (secondary N) is 2. The fraction of sp³-hybridized carbons (Fsp3) is 0.400. The second-order valence-electron chi connectivity index (χ2n) is 3.55. The summed E-state index contributed by atoms with van der Waals surface area (Å²) in [4.78, 5) is 15.3. The maximum atomic E-state index is 11.8. The molecular weight excluding hydrogens is 249 g/mol. The number of carbonyl (C=O) groups is 1. The summed E-state index contributed by atoms with van der Waals surface area (Å²) >= 11 is 0. The van der Waals surface area contributed by atoms with Gasteiger partial charge < -0.3 is 10.7 Å². The Balaban J connectivity index is 2.36. The highest BCUT2D eigenvalue weighted by molar-refractivity contribution is 5.92. The molecular formula is C10H13F3N4O. The predicted molar refractivity (Wildman–Crippen MR) is 59.7 cm³/mol. The van der Waals surface area contributed by atoms with Gasteiger partial charge >= 0.3 is 6.18 Å². The van der Waals surface area contributed by atoms with Crippen LogP contribution in [0.4, 0.5) is 18.9 Å². The Hall–Kier alpha value is -1.83. The van der Waals surface area contributed by atoms with Gasteiger partial charge in [0, 0.05) is 13.0 Å². The minimum atomic E-state index is -4.20. The maximum Gasteiger partial charge on any atom is 0.389 e. The largest absolute Gasteiger partial charge is 0.389 e. The summed E-state index contributed by atoms with van der Waals surface area (Å²) in [7, 11) is 0. The number of amides is 1. The van der Waals surface area contributed by atoms with Gasteiger partial charge in [-0.3, -0.25) is 10.6 Å². The van der Waals surface area contributed by atoms with E-state index in [0.29, 0.717) is 5.69 Å². The third kappa shape index (κ3) is 5.00. The van der Waals surface area contributed by atoms with Crippen molar-refractivity contribution in [3.05, 3.63) is 24.0 Å². The molecule has 100 valence electrons. The molecule has 0 unspecified atom stereocenters. The first kappa shape index (κ1) is 14.2. The van der Waals surface area contributed by atoms with Crippen LogP contribution < -0.4 is 16.6 Å². The van der Waals surface area contributed by atoms with E-state index in [1.807, 2.05) is 0 Å². The van der Waals surface area contributed by atoms with Crippen molar-refractivity contribution in [2.75, 3.05) is 12.0 Å². The SMILES string of the molecule is NNc1ccc(C(=O)NCCCC(F)(F)F)nc1. The van der Waals surface area contributed by atoms with Crippen molar-refractivity contribution in [2.45, 2.75) is 19.0 Å².